The van der Waals surface area contributed by atoms with Crippen molar-refractivity contribution in [3.63, 3.8) is 0 Å². The van der Waals surface area contributed by atoms with Crippen LogP contribution in [0.25, 0.3) is 0 Å². The van der Waals surface area contributed by atoms with Crippen molar-refractivity contribution in [2.45, 2.75) is 17.3 Å². The molecule has 0 aliphatic heterocycles. The van der Waals surface area contributed by atoms with Crippen LogP contribution in [0, 0.1) is 0 Å². The highest BCUT2D eigenvalue weighted by Gasteiger charge is 2.08. The van der Waals surface area contributed by atoms with E-state index in [0.29, 0.717) is 11.3 Å². The van der Waals surface area contributed by atoms with Gasteiger partial charge < -0.3 is 10.1 Å². The molecule has 2 aromatic carbocycles. The summed E-state index contributed by atoms with van der Waals surface area (Å²) in [6.07, 6.45) is 0. The lowest BCUT2D eigenvalue weighted by atomic mass is 10.2. The third-order valence-corrected chi connectivity index (χ3v) is 5.00. The largest absolute Gasteiger partial charge is 0.435 e. The first kappa shape index (κ1) is 18.3. The predicted octanol–water partition coefficient (Wildman–Crippen LogP) is 5.29. The minimum Gasteiger partial charge on any atom is -0.435 e. The highest BCUT2D eigenvalue weighted by molar-refractivity contribution is 7.98. The second kappa shape index (κ2) is 8.77. The van der Waals surface area contributed by atoms with Crippen molar-refractivity contribution >= 4 is 34.7 Å². The minimum absolute atomic E-state index is 0.0412. The Labute approximate surface area is 157 Å². The number of halogens is 2. The summed E-state index contributed by atoms with van der Waals surface area (Å²) in [6, 6.07) is 13.0. The molecular formula is C18H14F2N2O2S2. The van der Waals surface area contributed by atoms with Crippen molar-refractivity contribution in [1.82, 2.24) is 4.98 Å². The Morgan fingerprint density at radius 2 is 1.88 bits per heavy atom. The first-order valence-corrected chi connectivity index (χ1v) is 9.49. The van der Waals surface area contributed by atoms with Crippen LogP contribution in [0.15, 0.2) is 64.3 Å². The van der Waals surface area contributed by atoms with Crippen LogP contribution < -0.4 is 10.1 Å². The number of benzene rings is 2. The van der Waals surface area contributed by atoms with E-state index < -0.39 is 6.61 Å². The fourth-order valence-corrected chi connectivity index (χ4v) is 3.56. The summed E-state index contributed by atoms with van der Waals surface area (Å²) in [7, 11) is 0. The maximum atomic E-state index is 12.3. The lowest BCUT2D eigenvalue weighted by Gasteiger charge is -2.08. The number of carbonyl (C=O) groups excluding carboxylic acids is 1. The Hall–Kier alpha value is -2.45. The summed E-state index contributed by atoms with van der Waals surface area (Å²) in [5, 5.41) is 4.72. The van der Waals surface area contributed by atoms with Crippen molar-refractivity contribution in [3.8, 4) is 5.75 Å². The van der Waals surface area contributed by atoms with Crippen molar-refractivity contribution in [3.05, 3.63) is 70.7 Å². The lowest BCUT2D eigenvalue weighted by Crippen LogP contribution is -2.11. The van der Waals surface area contributed by atoms with Gasteiger partial charge in [0, 0.05) is 27.3 Å². The zero-order valence-corrected chi connectivity index (χ0v) is 15.0. The highest BCUT2D eigenvalue weighted by Crippen LogP contribution is 2.23. The molecule has 1 aromatic heterocycles. The average Bonchev–Trinajstić information content (AvgIpc) is 3.15. The van der Waals surface area contributed by atoms with Gasteiger partial charge in [0.1, 0.15) is 5.75 Å². The molecule has 1 heterocycles. The molecule has 1 amide bonds. The fraction of sp³-hybridized carbons (Fsp3) is 0.111. The molecule has 0 aliphatic carbocycles. The second-order valence-electron chi connectivity index (χ2n) is 5.15. The first-order chi connectivity index (χ1) is 12.6. The first-order valence-electron chi connectivity index (χ1n) is 7.56. The summed E-state index contributed by atoms with van der Waals surface area (Å²) in [5.74, 6) is 0.547. The second-order valence-corrected chi connectivity index (χ2v) is 6.92. The van der Waals surface area contributed by atoms with Gasteiger partial charge in [-0.3, -0.25) is 4.79 Å². The van der Waals surface area contributed by atoms with E-state index in [1.807, 2.05) is 17.5 Å². The molecule has 0 radical (unpaired) electrons. The van der Waals surface area contributed by atoms with Crippen LogP contribution in [-0.2, 0) is 5.75 Å². The number of aromatic nitrogens is 1. The smallest absolute Gasteiger partial charge is 0.387 e. The number of carbonyl (C=O) groups is 1. The van der Waals surface area contributed by atoms with Crippen LogP contribution in [0.3, 0.4) is 0 Å². The van der Waals surface area contributed by atoms with Gasteiger partial charge in [-0.1, -0.05) is 0 Å². The molecule has 1 N–H and O–H groups in total. The Morgan fingerprint density at radius 1 is 1.15 bits per heavy atom. The Kier molecular flexibility index (Phi) is 6.19. The third kappa shape index (κ3) is 5.27. The number of anilines is 1. The molecule has 0 fully saturated rings. The molecule has 26 heavy (non-hydrogen) atoms. The van der Waals surface area contributed by atoms with Crippen LogP contribution in [0.5, 0.6) is 5.75 Å². The van der Waals surface area contributed by atoms with Gasteiger partial charge in [0.05, 0.1) is 11.2 Å². The number of nitrogens with zero attached hydrogens (tertiary/aromatic N) is 1. The normalized spacial score (nSPS) is 10.7. The van der Waals surface area contributed by atoms with Gasteiger partial charge in [0.25, 0.3) is 5.91 Å². The van der Waals surface area contributed by atoms with Gasteiger partial charge in [0.2, 0.25) is 0 Å². The minimum atomic E-state index is -2.87. The van der Waals surface area contributed by atoms with E-state index in [9.17, 15) is 13.6 Å². The van der Waals surface area contributed by atoms with Crippen LogP contribution >= 0.6 is 23.1 Å². The van der Waals surface area contributed by atoms with Gasteiger partial charge in [-0.2, -0.15) is 8.78 Å². The molecule has 134 valence electrons. The number of nitrogens with one attached hydrogen (secondary N) is 1. The van der Waals surface area contributed by atoms with Crippen molar-refractivity contribution < 1.29 is 18.3 Å². The quantitative estimate of drug-likeness (QED) is 0.555. The van der Waals surface area contributed by atoms with Crippen molar-refractivity contribution in [2.24, 2.45) is 0 Å². The van der Waals surface area contributed by atoms with Gasteiger partial charge in [0.15, 0.2) is 0 Å². The number of amides is 1. The number of ether oxygens (including phenoxy) is 1. The third-order valence-electron chi connectivity index (χ3n) is 3.32. The lowest BCUT2D eigenvalue weighted by molar-refractivity contribution is -0.0498. The maximum Gasteiger partial charge on any atom is 0.387 e. The zero-order chi connectivity index (χ0) is 18.4. The van der Waals surface area contributed by atoms with Gasteiger partial charge in [-0.25, -0.2) is 4.98 Å². The number of hydrogen-bond acceptors (Lipinski definition) is 5. The number of alkyl halides is 2. The molecule has 0 spiro atoms. The molecule has 3 rings (SSSR count). The standard InChI is InChI=1S/C18H14F2N2O2S2/c19-18(20)24-15-5-3-13(4-6-15)22-17(23)12-1-7-16(8-2-12)26-10-14-9-25-11-21-14/h1-9,11,18H,10H2,(H,22,23). The van der Waals surface area contributed by atoms with Crippen LogP contribution in [0.1, 0.15) is 16.1 Å². The molecule has 0 unspecified atom stereocenters. The van der Waals surface area contributed by atoms with E-state index in [1.54, 1.807) is 40.7 Å². The number of thioether (sulfide) groups is 1. The summed E-state index contributed by atoms with van der Waals surface area (Å²) < 4.78 is 28.5. The van der Waals surface area contributed by atoms with E-state index >= 15 is 0 Å². The molecule has 0 saturated heterocycles. The summed E-state index contributed by atoms with van der Waals surface area (Å²) in [4.78, 5) is 17.5. The number of thiazole rings is 1. The maximum absolute atomic E-state index is 12.3. The average molecular weight is 392 g/mol. The van der Waals surface area contributed by atoms with Crippen LogP contribution in [0.2, 0.25) is 0 Å². The number of hydrogen-bond donors (Lipinski definition) is 1. The molecule has 0 saturated carbocycles. The van der Waals surface area contributed by atoms with Crippen molar-refractivity contribution in [2.75, 3.05) is 5.32 Å². The molecule has 0 bridgehead atoms. The zero-order valence-electron chi connectivity index (χ0n) is 13.4. The van der Waals surface area contributed by atoms with Crippen LogP contribution in [0.4, 0.5) is 14.5 Å². The molecule has 0 atom stereocenters. The molecular weight excluding hydrogens is 378 g/mol. The molecule has 3 aromatic rings. The van der Waals surface area contributed by atoms with E-state index in [1.165, 1.54) is 24.3 Å². The molecule has 4 nitrogen and oxygen atoms in total. The van der Waals surface area contributed by atoms with Gasteiger partial charge >= 0.3 is 6.61 Å². The van der Waals surface area contributed by atoms with E-state index in [4.69, 9.17) is 0 Å². The van der Waals surface area contributed by atoms with E-state index in [-0.39, 0.29) is 11.7 Å². The Balaban J connectivity index is 1.55. The highest BCUT2D eigenvalue weighted by atomic mass is 32.2. The SMILES string of the molecule is O=C(Nc1ccc(OC(F)F)cc1)c1ccc(SCc2cscn2)cc1. The van der Waals surface area contributed by atoms with Crippen molar-refractivity contribution in [1.29, 1.82) is 0 Å². The summed E-state index contributed by atoms with van der Waals surface area (Å²) >= 11 is 3.21. The molecule has 0 aliphatic rings. The Morgan fingerprint density at radius 3 is 2.50 bits per heavy atom. The van der Waals surface area contributed by atoms with Gasteiger partial charge in [-0.15, -0.1) is 23.1 Å². The molecule has 8 heteroatoms. The monoisotopic (exact) mass is 392 g/mol. The van der Waals surface area contributed by atoms with E-state index in [0.717, 1.165) is 16.3 Å². The topological polar surface area (TPSA) is 51.2 Å². The summed E-state index contributed by atoms with van der Waals surface area (Å²) in [6.45, 7) is -2.87. The number of rotatable bonds is 7. The van der Waals surface area contributed by atoms with E-state index in [2.05, 4.69) is 15.0 Å². The fourth-order valence-electron chi connectivity index (χ4n) is 2.09. The van der Waals surface area contributed by atoms with Crippen LogP contribution in [-0.4, -0.2) is 17.5 Å². The predicted molar refractivity (Wildman–Crippen MR) is 99.1 cm³/mol. The summed E-state index contributed by atoms with van der Waals surface area (Å²) in [5.41, 5.74) is 3.84. The Bertz CT molecular complexity index is 839. The van der Waals surface area contributed by atoms with Gasteiger partial charge in [-0.05, 0) is 48.5 Å².